The molecule has 8 aromatic rings. The molecule has 2 aromatic heterocycles. The van der Waals surface area contributed by atoms with Crippen molar-refractivity contribution in [1.82, 2.24) is 14.5 Å². The van der Waals surface area contributed by atoms with Crippen LogP contribution < -0.4 is 0 Å². The van der Waals surface area contributed by atoms with Crippen molar-refractivity contribution in [3.05, 3.63) is 167 Å². The van der Waals surface area contributed by atoms with E-state index in [1.807, 2.05) is 145 Å². The summed E-state index contributed by atoms with van der Waals surface area (Å²) in [6.07, 6.45) is -0.759. The predicted molar refractivity (Wildman–Crippen MR) is 275 cm³/mol. The van der Waals surface area contributed by atoms with E-state index in [1.165, 1.54) is 0 Å². The molecule has 66 heavy (non-hydrogen) atoms. The molecule has 0 amide bonds. The standard InChI is InChI=1S/C61H66N3O.Pt/c1-38(2)50-37-47(27-28-48(50)40-19-16-15-17-20-40)64-54-22-18-21-49(55(54)63-57(64)51-35-46(60(9,10)11)36-52(56(51)65)61(12,13)14)42-31-43(33-45(32-42)59(6,7)8)53-34-41(29-30-62-53)39-23-25-44(26-24-39)58(3,4)5;/h15-30,32-38,65H,1-14H3;/q-1;/i3D3,4D3,5D3,23D,24D,25D,26D,29D,30D,34D,38D;. The van der Waals surface area contributed by atoms with Crippen molar-refractivity contribution in [1.29, 1.82) is 0 Å². The van der Waals surface area contributed by atoms with E-state index >= 15 is 0 Å². The van der Waals surface area contributed by atoms with Gasteiger partial charge in [0.2, 0.25) is 0 Å². The molecule has 342 valence electrons. The van der Waals surface area contributed by atoms with Crippen molar-refractivity contribution in [2.45, 2.75) is 124 Å². The fraction of sp³-hybridized carbons (Fsp3) is 0.311. The van der Waals surface area contributed by atoms with E-state index in [2.05, 4.69) is 31.8 Å². The number of rotatable bonds is 7. The maximum absolute atomic E-state index is 12.5. The number of nitrogens with zero attached hydrogens (tertiary/aromatic N) is 3. The predicted octanol–water partition coefficient (Wildman–Crippen LogP) is 16.6. The molecule has 0 bridgehead atoms. The van der Waals surface area contributed by atoms with Crippen molar-refractivity contribution in [3.63, 3.8) is 0 Å². The fourth-order valence-corrected chi connectivity index (χ4v) is 7.99. The summed E-state index contributed by atoms with van der Waals surface area (Å²) in [5.74, 6) is -0.641. The molecular formula is C61H66N3OPt-. The average molecular weight is 1070 g/mol. The molecule has 0 aliphatic heterocycles. The van der Waals surface area contributed by atoms with E-state index in [-0.39, 0.29) is 43.5 Å². The van der Waals surface area contributed by atoms with Gasteiger partial charge in [0.1, 0.15) is 11.6 Å². The van der Waals surface area contributed by atoms with Gasteiger partial charge in [-0.2, -0.15) is 0 Å². The van der Waals surface area contributed by atoms with Crippen molar-refractivity contribution in [3.8, 4) is 67.5 Å². The minimum Gasteiger partial charge on any atom is -0.507 e. The van der Waals surface area contributed by atoms with Crippen LogP contribution in [0, 0.1) is 6.07 Å². The second-order valence-corrected chi connectivity index (χ2v) is 20.1. The Morgan fingerprint density at radius 1 is 0.636 bits per heavy atom. The minimum absolute atomic E-state index is 0. The smallest absolute Gasteiger partial charge is 0.148 e. The maximum atomic E-state index is 12.5. The normalized spacial score (nSPS) is 16.9. The summed E-state index contributed by atoms with van der Waals surface area (Å²) in [4.78, 5) is 9.84. The van der Waals surface area contributed by atoms with Crippen LogP contribution in [-0.2, 0) is 42.7 Å². The Morgan fingerprint density at radius 2 is 1.30 bits per heavy atom. The third-order valence-corrected chi connectivity index (χ3v) is 11.7. The molecular weight excluding hydrogens is 986 g/mol. The summed E-state index contributed by atoms with van der Waals surface area (Å²) >= 11 is 0. The Labute approximate surface area is 432 Å². The number of pyridine rings is 1. The van der Waals surface area contributed by atoms with Gasteiger partial charge < -0.3 is 5.11 Å². The first-order valence-electron chi connectivity index (χ1n) is 30.2. The summed E-state index contributed by atoms with van der Waals surface area (Å²) in [6, 6.07) is 26.0. The first-order chi connectivity index (χ1) is 37.5. The van der Waals surface area contributed by atoms with E-state index in [1.54, 1.807) is 6.07 Å². The first kappa shape index (κ1) is 30.7. The van der Waals surface area contributed by atoms with Gasteiger partial charge in [-0.3, -0.25) is 9.55 Å². The molecule has 0 atom stereocenters. The van der Waals surface area contributed by atoms with E-state index < -0.39 is 102 Å². The van der Waals surface area contributed by atoms with E-state index in [9.17, 15) is 10.6 Å². The van der Waals surface area contributed by atoms with Crippen molar-refractivity contribution < 1.29 is 49.5 Å². The molecule has 0 aliphatic rings. The zero-order valence-corrected chi connectivity index (χ0v) is 41.5. The second-order valence-electron chi connectivity index (χ2n) is 20.1. The summed E-state index contributed by atoms with van der Waals surface area (Å²) in [5, 5.41) is 12.5. The van der Waals surface area contributed by atoms with Crippen LogP contribution in [0.5, 0.6) is 5.75 Å². The molecule has 0 aliphatic carbocycles. The van der Waals surface area contributed by atoms with Crippen molar-refractivity contribution in [2.75, 3.05) is 0 Å². The van der Waals surface area contributed by atoms with Gasteiger partial charge >= 0.3 is 0 Å². The Hall–Kier alpha value is -5.57. The van der Waals surface area contributed by atoms with Crippen LogP contribution in [0.2, 0.25) is 0 Å². The van der Waals surface area contributed by atoms with Crippen LogP contribution in [0.4, 0.5) is 0 Å². The van der Waals surface area contributed by atoms with Crippen LogP contribution >= 0.6 is 0 Å². The van der Waals surface area contributed by atoms with Gasteiger partial charge in [-0.1, -0.05) is 193 Å². The molecule has 0 saturated heterocycles. The molecule has 0 radical (unpaired) electrons. The Morgan fingerprint density at radius 3 is 1.94 bits per heavy atom. The number of aromatic nitrogens is 3. The van der Waals surface area contributed by atoms with Gasteiger partial charge in [0.25, 0.3) is 0 Å². The summed E-state index contributed by atoms with van der Waals surface area (Å²) in [7, 11) is 0. The SMILES string of the molecule is [2H]c1nc(-c2[c-]c(-c3cccc4c3nc(-c3cc(C(C)(C)C)cc(C(C)(C)C)c3O)n4-c3ccc(-c4ccccc4)c(C([2H])(C)C)c3)cc(C(C)(C)C)c2)c([2H])c(-c2c([2H])c([2H])c(C(C([2H])([2H])[2H])(C([2H])([2H])[2H])C([2H])([2H])[2H])c([2H])c2[2H])c1[2H].[Pt]. The number of fused-ring (bicyclic) bond motifs is 1. The summed E-state index contributed by atoms with van der Waals surface area (Å²) < 4.78 is 150. The van der Waals surface area contributed by atoms with E-state index in [0.29, 0.717) is 50.4 Å². The van der Waals surface area contributed by atoms with Crippen LogP contribution in [0.1, 0.15) is 154 Å². The quantitative estimate of drug-likeness (QED) is 0.162. The summed E-state index contributed by atoms with van der Waals surface area (Å²) in [6.45, 7) is 10.1. The zero-order chi connectivity index (χ0) is 61.3. The van der Waals surface area contributed by atoms with Gasteiger partial charge in [-0.25, -0.2) is 4.98 Å². The number of benzene rings is 6. The Balaban J connectivity index is 0.00000990. The number of aromatic hydroxyl groups is 1. The zero-order valence-electron chi connectivity index (χ0n) is 56.3. The molecule has 5 heteroatoms. The molecule has 1 N–H and O–H groups in total. The molecule has 0 unspecified atom stereocenters. The van der Waals surface area contributed by atoms with Gasteiger partial charge in [0.05, 0.1) is 26.2 Å². The molecule has 4 nitrogen and oxygen atoms in total. The number of imidazole rings is 1. The number of para-hydroxylation sites is 1. The third-order valence-electron chi connectivity index (χ3n) is 11.7. The average Bonchev–Trinajstić information content (AvgIpc) is 1.05. The number of phenolic OH excluding ortho intramolecular Hbond substituents is 1. The largest absolute Gasteiger partial charge is 0.507 e. The second kappa shape index (κ2) is 17.9. The number of hydrogen-bond acceptors (Lipinski definition) is 3. The molecule has 2 heterocycles. The van der Waals surface area contributed by atoms with Gasteiger partial charge in [0.15, 0.2) is 0 Å². The minimum atomic E-state index is -3.93. The maximum Gasteiger partial charge on any atom is 0.148 e. The Kier molecular flexibility index (Phi) is 8.32. The van der Waals surface area contributed by atoms with Crippen LogP contribution in [0.15, 0.2) is 133 Å². The van der Waals surface area contributed by atoms with Crippen LogP contribution in [0.25, 0.3) is 72.7 Å². The first-order valence-corrected chi connectivity index (χ1v) is 21.7. The van der Waals surface area contributed by atoms with Crippen molar-refractivity contribution in [2.24, 2.45) is 0 Å². The third kappa shape index (κ3) is 9.63. The van der Waals surface area contributed by atoms with Gasteiger partial charge in [-0.15, -0.1) is 29.3 Å². The summed E-state index contributed by atoms with van der Waals surface area (Å²) in [5.41, 5.74) is -0.306. The van der Waals surface area contributed by atoms with Crippen LogP contribution in [-0.4, -0.2) is 19.6 Å². The molecule has 0 fully saturated rings. The van der Waals surface area contributed by atoms with Gasteiger partial charge in [0, 0.05) is 57.9 Å². The van der Waals surface area contributed by atoms with E-state index in [4.69, 9.17) is 22.8 Å². The van der Waals surface area contributed by atoms with Crippen LogP contribution in [0.3, 0.4) is 0 Å². The monoisotopic (exact) mass is 1070 g/mol. The Bertz CT molecular complexity index is 3790. The number of phenols is 1. The topological polar surface area (TPSA) is 50.9 Å². The van der Waals surface area contributed by atoms with Gasteiger partial charge in [-0.05, 0) is 96.8 Å². The fourth-order valence-electron chi connectivity index (χ4n) is 7.99. The van der Waals surface area contributed by atoms with E-state index in [0.717, 1.165) is 22.3 Å². The molecule has 0 saturated carbocycles. The number of hydrogen-bond donors (Lipinski definition) is 1. The molecule has 6 aromatic carbocycles. The van der Waals surface area contributed by atoms with Crippen molar-refractivity contribution >= 4 is 11.0 Å². The molecule has 0 spiro atoms. The molecule has 8 rings (SSSR count).